The Morgan fingerprint density at radius 1 is 0.887 bits per heavy atom. The maximum Gasteiger partial charge on any atom is 0.405 e. The highest BCUT2D eigenvalue weighted by Crippen LogP contribution is 2.37. The number of anilines is 1. The van der Waals surface area contributed by atoms with Gasteiger partial charge in [0, 0.05) is 48.5 Å². The van der Waals surface area contributed by atoms with E-state index >= 15 is 4.39 Å². The molecule has 3 aromatic carbocycles. The van der Waals surface area contributed by atoms with Crippen molar-refractivity contribution < 1.29 is 46.5 Å². The lowest BCUT2D eigenvalue weighted by Crippen LogP contribution is -2.29. The lowest BCUT2D eigenvalue weighted by Gasteiger charge is -2.22. The number of amides is 2. The fourth-order valence-electron chi connectivity index (χ4n) is 6.67. The Bertz CT molecular complexity index is 2320. The SMILES string of the molecule is CNC(=O)c1nn(COCC[Si](C)(C)C)c2cc(-c3cc(F)c(OCOCC[Si](C)(C)C)cc3CC(F)(F)F)nc(NCc3ccccc3C(Cc3ccccc3)NC(=O)O)c12. The number of carboxylic acid groups (broad SMARTS) is 1. The Morgan fingerprint density at radius 3 is 2.19 bits per heavy atom. The van der Waals surface area contributed by atoms with E-state index in [4.69, 9.17) is 19.2 Å². The van der Waals surface area contributed by atoms with Crippen LogP contribution < -0.4 is 20.7 Å². The lowest BCUT2D eigenvalue weighted by atomic mass is 9.94. The highest BCUT2D eigenvalue weighted by Gasteiger charge is 2.31. The van der Waals surface area contributed by atoms with E-state index in [2.05, 4.69) is 60.3 Å². The first-order chi connectivity index (χ1) is 29.2. The van der Waals surface area contributed by atoms with Gasteiger partial charge in [0.15, 0.2) is 24.1 Å². The Morgan fingerprint density at radius 2 is 1.55 bits per heavy atom. The molecule has 0 aliphatic heterocycles. The van der Waals surface area contributed by atoms with E-state index < -0.39 is 58.4 Å². The highest BCUT2D eigenvalue weighted by molar-refractivity contribution is 6.76. The van der Waals surface area contributed by atoms with Crippen molar-refractivity contribution in [3.05, 3.63) is 107 Å². The average Bonchev–Trinajstić information content (AvgIpc) is 3.56. The third-order valence-electron chi connectivity index (χ3n) is 9.96. The zero-order valence-corrected chi connectivity index (χ0v) is 38.2. The largest absolute Gasteiger partial charge is 0.465 e. The first-order valence-corrected chi connectivity index (χ1v) is 27.8. The highest BCUT2D eigenvalue weighted by atomic mass is 28.3. The van der Waals surface area contributed by atoms with Crippen LogP contribution in [-0.2, 0) is 35.6 Å². The number of carbonyl (C=O) groups excluding carboxylic acids is 1. The molecule has 62 heavy (non-hydrogen) atoms. The normalized spacial score (nSPS) is 12.6. The summed E-state index contributed by atoms with van der Waals surface area (Å²) in [7, 11) is -1.49. The molecule has 2 aromatic heterocycles. The number of pyridine rings is 1. The van der Waals surface area contributed by atoms with E-state index in [-0.39, 0.29) is 53.8 Å². The molecule has 334 valence electrons. The van der Waals surface area contributed by atoms with Crippen molar-refractivity contribution in [2.24, 2.45) is 0 Å². The molecule has 0 bridgehead atoms. The van der Waals surface area contributed by atoms with Crippen molar-refractivity contribution in [1.29, 1.82) is 0 Å². The fraction of sp³-hybridized carbons (Fsp3) is 0.409. The summed E-state index contributed by atoms with van der Waals surface area (Å²) in [5, 5.41) is 23.2. The van der Waals surface area contributed by atoms with Gasteiger partial charge in [0.2, 0.25) is 0 Å². The van der Waals surface area contributed by atoms with Crippen LogP contribution >= 0.6 is 0 Å². The van der Waals surface area contributed by atoms with Gasteiger partial charge in [0.1, 0.15) is 12.5 Å². The second-order valence-corrected chi connectivity index (χ2v) is 28.7. The molecule has 0 spiro atoms. The maximum absolute atomic E-state index is 15.9. The van der Waals surface area contributed by atoms with Gasteiger partial charge in [-0.3, -0.25) is 4.79 Å². The number of hydrogen-bond donors (Lipinski definition) is 4. The van der Waals surface area contributed by atoms with Crippen LogP contribution in [0.15, 0.2) is 72.8 Å². The monoisotopic (exact) mass is 896 g/mol. The lowest BCUT2D eigenvalue weighted by molar-refractivity contribution is -0.127. The summed E-state index contributed by atoms with van der Waals surface area (Å²) >= 11 is 0. The number of fused-ring (bicyclic) bond motifs is 1. The molecular weight excluding hydrogens is 841 g/mol. The summed E-state index contributed by atoms with van der Waals surface area (Å²) in [6.07, 6.45) is -6.99. The summed E-state index contributed by atoms with van der Waals surface area (Å²) in [5.41, 5.74) is 2.00. The Kier molecular flexibility index (Phi) is 15.9. The number of hydrogen-bond acceptors (Lipinski definition) is 8. The molecule has 2 heterocycles. The molecular formula is C44H56F4N6O6Si2. The standard InChI is InChI=1S/C44H56F4N6O6Si2/c1-49-42(55)40-39-37(54(53-40)27-58-17-19-61(2,3)4)24-36(33-23-34(45)38(22-31(33)25-44(46,47)48)60-28-59-18-20-62(5,6)7)51-41(39)50-26-30-15-11-12-16-32(30)35(52-43(56)57)21-29-13-9-8-10-14-29/h8-16,22-24,35,52H,17-21,25-28H2,1-7H3,(H,49,55)(H,50,51)(H,56,57). The fourth-order valence-corrected chi connectivity index (χ4v) is 8.18. The molecule has 0 saturated heterocycles. The van der Waals surface area contributed by atoms with Gasteiger partial charge >= 0.3 is 12.3 Å². The number of rotatable bonds is 21. The van der Waals surface area contributed by atoms with Crippen molar-refractivity contribution in [3.63, 3.8) is 0 Å². The van der Waals surface area contributed by atoms with Crippen LogP contribution in [-0.4, -0.2) is 81.2 Å². The number of alkyl halides is 3. The quantitative estimate of drug-likeness (QED) is 0.0245. The van der Waals surface area contributed by atoms with Gasteiger partial charge < -0.3 is 35.3 Å². The van der Waals surface area contributed by atoms with Gasteiger partial charge in [-0.25, -0.2) is 18.9 Å². The molecule has 0 aliphatic rings. The third kappa shape index (κ3) is 13.9. The van der Waals surface area contributed by atoms with Crippen molar-refractivity contribution >= 4 is 44.9 Å². The smallest absolute Gasteiger partial charge is 0.405 e. The number of nitrogens with one attached hydrogen (secondary N) is 3. The summed E-state index contributed by atoms with van der Waals surface area (Å²) in [6, 6.07) is 21.0. The third-order valence-corrected chi connectivity index (χ3v) is 13.4. The summed E-state index contributed by atoms with van der Waals surface area (Å²) in [4.78, 5) is 30.2. The molecule has 2 amide bonds. The van der Waals surface area contributed by atoms with Crippen LogP contribution in [0.1, 0.15) is 38.8 Å². The number of halogens is 4. The topological polar surface area (TPSA) is 149 Å². The van der Waals surface area contributed by atoms with Crippen LogP contribution in [0.2, 0.25) is 51.4 Å². The second kappa shape index (κ2) is 20.7. The predicted octanol–water partition coefficient (Wildman–Crippen LogP) is 9.87. The van der Waals surface area contributed by atoms with Crippen molar-refractivity contribution in [1.82, 2.24) is 25.4 Å². The van der Waals surface area contributed by atoms with E-state index in [1.807, 2.05) is 36.4 Å². The van der Waals surface area contributed by atoms with Crippen molar-refractivity contribution in [2.45, 2.75) is 89.7 Å². The minimum atomic E-state index is -4.69. The van der Waals surface area contributed by atoms with Gasteiger partial charge in [-0.05, 0) is 59.0 Å². The molecule has 18 heteroatoms. The predicted molar refractivity (Wildman–Crippen MR) is 238 cm³/mol. The Labute approximate surface area is 361 Å². The minimum absolute atomic E-state index is 0.0276. The molecule has 1 atom stereocenters. The zero-order chi connectivity index (χ0) is 45.2. The van der Waals surface area contributed by atoms with Crippen LogP contribution in [0.5, 0.6) is 5.75 Å². The molecule has 0 aliphatic carbocycles. The van der Waals surface area contributed by atoms with Gasteiger partial charge in [-0.2, -0.15) is 18.3 Å². The average molecular weight is 897 g/mol. The summed E-state index contributed by atoms with van der Waals surface area (Å²) in [6.45, 7) is 13.5. The van der Waals surface area contributed by atoms with E-state index in [1.54, 1.807) is 18.2 Å². The molecule has 0 saturated carbocycles. The Balaban J connectivity index is 1.63. The number of nitrogens with zero attached hydrogens (tertiary/aromatic N) is 3. The molecule has 5 rings (SSSR count). The molecule has 12 nitrogen and oxygen atoms in total. The summed E-state index contributed by atoms with van der Waals surface area (Å²) < 4.78 is 77.2. The number of aromatic nitrogens is 3. The van der Waals surface area contributed by atoms with Crippen LogP contribution in [0.3, 0.4) is 0 Å². The van der Waals surface area contributed by atoms with E-state index in [0.717, 1.165) is 29.8 Å². The van der Waals surface area contributed by atoms with Gasteiger partial charge in [-0.1, -0.05) is 93.9 Å². The molecule has 0 fully saturated rings. The molecule has 1 unspecified atom stereocenters. The zero-order valence-electron chi connectivity index (χ0n) is 36.2. The molecule has 4 N–H and O–H groups in total. The number of carbonyl (C=O) groups is 2. The first kappa shape index (κ1) is 47.7. The number of ether oxygens (including phenoxy) is 3. The van der Waals surface area contributed by atoms with Crippen molar-refractivity contribution in [3.8, 4) is 17.0 Å². The van der Waals surface area contributed by atoms with E-state index in [9.17, 15) is 27.9 Å². The van der Waals surface area contributed by atoms with Crippen LogP contribution in [0.4, 0.5) is 28.2 Å². The maximum atomic E-state index is 15.9. The van der Waals surface area contributed by atoms with Crippen LogP contribution in [0, 0.1) is 5.82 Å². The summed E-state index contributed by atoms with van der Waals surface area (Å²) in [5.74, 6) is -1.81. The van der Waals surface area contributed by atoms with Gasteiger partial charge in [0.05, 0.1) is 29.1 Å². The minimum Gasteiger partial charge on any atom is -0.465 e. The second-order valence-electron chi connectivity index (χ2n) is 17.5. The van der Waals surface area contributed by atoms with Crippen molar-refractivity contribution in [2.75, 3.05) is 32.4 Å². The van der Waals surface area contributed by atoms with Gasteiger partial charge in [-0.15, -0.1) is 0 Å². The Hall–Kier alpha value is -5.31. The van der Waals surface area contributed by atoms with Gasteiger partial charge in [0.25, 0.3) is 5.91 Å². The van der Waals surface area contributed by atoms with Crippen LogP contribution in [0.25, 0.3) is 22.2 Å². The first-order valence-electron chi connectivity index (χ1n) is 20.4. The number of benzene rings is 3. The molecule has 5 aromatic rings. The van der Waals surface area contributed by atoms with E-state index in [0.29, 0.717) is 36.3 Å². The van der Waals surface area contributed by atoms with E-state index in [1.165, 1.54) is 17.8 Å². The molecule has 0 radical (unpaired) electrons.